The van der Waals surface area contributed by atoms with E-state index in [9.17, 15) is 9.59 Å². The summed E-state index contributed by atoms with van der Waals surface area (Å²) in [6.07, 6.45) is 1.55. The number of benzene rings is 1. The average molecular weight is 266 g/mol. The van der Waals surface area contributed by atoms with Gasteiger partial charge in [-0.2, -0.15) is 0 Å². The first-order chi connectivity index (χ1) is 9.74. The number of nitrogens with zero attached hydrogens (tertiary/aromatic N) is 1. The number of hydrogen-bond donors (Lipinski definition) is 1. The summed E-state index contributed by atoms with van der Waals surface area (Å²) in [4.78, 5) is 27.9. The van der Waals surface area contributed by atoms with Gasteiger partial charge in [-0.3, -0.25) is 4.79 Å². The Labute approximate surface area is 113 Å². The van der Waals surface area contributed by atoms with E-state index in [1.807, 2.05) is 6.07 Å². The van der Waals surface area contributed by atoms with Crippen molar-refractivity contribution in [3.05, 3.63) is 70.7 Å². The molecule has 0 unspecified atom stereocenters. The second kappa shape index (κ2) is 4.97. The van der Waals surface area contributed by atoms with E-state index in [0.717, 1.165) is 0 Å². The van der Waals surface area contributed by atoms with Crippen molar-refractivity contribution in [2.24, 2.45) is 0 Å². The van der Waals surface area contributed by atoms with Crippen LogP contribution in [0.25, 0.3) is 11.0 Å². The fraction of sp³-hybridized carbons (Fsp3) is 0. The molecule has 5 heteroatoms. The molecule has 0 atom stereocenters. The highest BCUT2D eigenvalue weighted by Crippen LogP contribution is 2.13. The van der Waals surface area contributed by atoms with Crippen molar-refractivity contribution in [2.75, 3.05) is 5.32 Å². The number of nitrogens with one attached hydrogen (secondary N) is 1. The fourth-order valence-corrected chi connectivity index (χ4v) is 1.84. The minimum Gasteiger partial charge on any atom is -0.422 e. The third-order valence-corrected chi connectivity index (χ3v) is 2.79. The molecule has 0 aliphatic heterocycles. The molecule has 20 heavy (non-hydrogen) atoms. The van der Waals surface area contributed by atoms with Gasteiger partial charge >= 0.3 is 5.63 Å². The molecule has 1 aromatic carbocycles. The van der Waals surface area contributed by atoms with Crippen LogP contribution in [0, 0.1) is 0 Å². The highest BCUT2D eigenvalue weighted by atomic mass is 16.4. The number of anilines is 1. The van der Waals surface area contributed by atoms with Gasteiger partial charge in [-0.05, 0) is 24.3 Å². The van der Waals surface area contributed by atoms with Gasteiger partial charge in [0.05, 0.1) is 0 Å². The van der Waals surface area contributed by atoms with Crippen molar-refractivity contribution in [1.82, 2.24) is 4.98 Å². The summed E-state index contributed by atoms with van der Waals surface area (Å²) in [6.45, 7) is 0. The number of aromatic nitrogens is 1. The normalized spacial score (nSPS) is 10.4. The molecular weight excluding hydrogens is 256 g/mol. The zero-order chi connectivity index (χ0) is 13.9. The maximum atomic E-state index is 12.1. The zero-order valence-electron chi connectivity index (χ0n) is 10.4. The predicted octanol–water partition coefficient (Wildman–Crippen LogP) is 2.44. The molecule has 0 spiro atoms. The molecule has 1 amide bonds. The van der Waals surface area contributed by atoms with Crippen molar-refractivity contribution in [3.8, 4) is 0 Å². The Bertz CT molecular complexity index is 825. The van der Waals surface area contributed by atoms with E-state index in [4.69, 9.17) is 4.42 Å². The van der Waals surface area contributed by atoms with Crippen molar-refractivity contribution in [3.63, 3.8) is 0 Å². The summed E-state index contributed by atoms with van der Waals surface area (Å²) in [6, 6.07) is 13.7. The molecule has 5 nitrogen and oxygen atoms in total. The van der Waals surface area contributed by atoms with Crippen LogP contribution in [-0.4, -0.2) is 10.9 Å². The number of para-hydroxylation sites is 1. The van der Waals surface area contributed by atoms with Crippen molar-refractivity contribution < 1.29 is 9.21 Å². The van der Waals surface area contributed by atoms with Crippen LogP contribution in [0.2, 0.25) is 0 Å². The Morgan fingerprint density at radius 1 is 1.10 bits per heavy atom. The molecule has 0 saturated heterocycles. The minimum atomic E-state index is -0.669. The number of hydrogen-bond acceptors (Lipinski definition) is 4. The summed E-state index contributed by atoms with van der Waals surface area (Å²) in [5.74, 6) is -0.159. The standard InChI is InChI=1S/C15H10N2O3/c18-14(17-13-7-3-4-8-16-13)11-9-10-5-1-2-6-12(10)20-15(11)19/h1-9H,(H,16,17,18). The molecule has 98 valence electrons. The Balaban J connectivity index is 1.99. The molecule has 0 saturated carbocycles. The second-order valence-corrected chi connectivity index (χ2v) is 4.15. The van der Waals surface area contributed by atoms with Crippen LogP contribution in [0.3, 0.4) is 0 Å². The molecule has 0 radical (unpaired) electrons. The Morgan fingerprint density at radius 2 is 1.90 bits per heavy atom. The fourth-order valence-electron chi connectivity index (χ4n) is 1.84. The number of carbonyl (C=O) groups is 1. The van der Waals surface area contributed by atoms with Crippen LogP contribution >= 0.6 is 0 Å². The maximum Gasteiger partial charge on any atom is 0.349 e. The highest BCUT2D eigenvalue weighted by Gasteiger charge is 2.13. The Hall–Kier alpha value is -2.95. The smallest absolute Gasteiger partial charge is 0.349 e. The lowest BCUT2D eigenvalue weighted by molar-refractivity contribution is 0.102. The number of pyridine rings is 1. The molecule has 0 aliphatic rings. The monoisotopic (exact) mass is 266 g/mol. The summed E-state index contributed by atoms with van der Waals surface area (Å²) in [5, 5.41) is 3.25. The van der Waals surface area contributed by atoms with Gasteiger partial charge in [0.15, 0.2) is 0 Å². The number of rotatable bonds is 2. The van der Waals surface area contributed by atoms with Gasteiger partial charge in [0.2, 0.25) is 0 Å². The van der Waals surface area contributed by atoms with Crippen LogP contribution in [0.1, 0.15) is 10.4 Å². The number of amides is 1. The van der Waals surface area contributed by atoms with E-state index in [1.165, 1.54) is 6.07 Å². The topological polar surface area (TPSA) is 72.2 Å². The van der Waals surface area contributed by atoms with Gasteiger partial charge in [0, 0.05) is 11.6 Å². The zero-order valence-corrected chi connectivity index (χ0v) is 10.4. The quantitative estimate of drug-likeness (QED) is 0.723. The molecule has 2 heterocycles. The highest BCUT2D eigenvalue weighted by molar-refractivity contribution is 6.04. The van der Waals surface area contributed by atoms with Gasteiger partial charge in [-0.1, -0.05) is 24.3 Å². The van der Waals surface area contributed by atoms with Crippen LogP contribution in [-0.2, 0) is 0 Å². The lowest BCUT2D eigenvalue weighted by Crippen LogP contribution is -2.21. The third kappa shape index (κ3) is 2.29. The summed E-state index contributed by atoms with van der Waals surface area (Å²) in [7, 11) is 0. The number of fused-ring (bicyclic) bond motifs is 1. The lowest BCUT2D eigenvalue weighted by atomic mass is 10.2. The Kier molecular flexibility index (Phi) is 3.01. The van der Waals surface area contributed by atoms with Crippen molar-refractivity contribution in [1.29, 1.82) is 0 Å². The minimum absolute atomic E-state index is 0.0469. The van der Waals surface area contributed by atoms with E-state index in [0.29, 0.717) is 16.8 Å². The summed E-state index contributed by atoms with van der Waals surface area (Å²) >= 11 is 0. The largest absolute Gasteiger partial charge is 0.422 e. The van der Waals surface area contributed by atoms with E-state index < -0.39 is 11.5 Å². The van der Waals surface area contributed by atoms with Crippen LogP contribution in [0.4, 0.5) is 5.82 Å². The first-order valence-electron chi connectivity index (χ1n) is 5.99. The molecule has 0 aliphatic carbocycles. The van der Waals surface area contributed by atoms with E-state index in [-0.39, 0.29) is 5.56 Å². The molecule has 0 bridgehead atoms. The SMILES string of the molecule is O=C(Nc1ccccn1)c1cc2ccccc2oc1=O. The third-order valence-electron chi connectivity index (χ3n) is 2.79. The average Bonchev–Trinajstić information content (AvgIpc) is 2.47. The van der Waals surface area contributed by atoms with E-state index in [2.05, 4.69) is 10.3 Å². The molecule has 3 aromatic rings. The molecule has 1 N–H and O–H groups in total. The maximum absolute atomic E-state index is 12.1. The van der Waals surface area contributed by atoms with Crippen LogP contribution in [0.15, 0.2) is 63.9 Å². The lowest BCUT2D eigenvalue weighted by Gasteiger charge is -2.03. The molecule has 2 aromatic heterocycles. The van der Waals surface area contributed by atoms with Crippen molar-refractivity contribution in [2.45, 2.75) is 0 Å². The molecule has 0 fully saturated rings. The van der Waals surface area contributed by atoms with E-state index >= 15 is 0 Å². The van der Waals surface area contributed by atoms with Gasteiger partial charge in [-0.25, -0.2) is 9.78 Å². The van der Waals surface area contributed by atoms with Gasteiger partial charge in [0.1, 0.15) is 17.0 Å². The molecular formula is C15H10N2O3. The van der Waals surface area contributed by atoms with Crippen LogP contribution in [0.5, 0.6) is 0 Å². The predicted molar refractivity (Wildman–Crippen MR) is 74.7 cm³/mol. The second-order valence-electron chi connectivity index (χ2n) is 4.15. The summed E-state index contributed by atoms with van der Waals surface area (Å²) in [5.41, 5.74) is -0.265. The first-order valence-corrected chi connectivity index (χ1v) is 5.99. The van der Waals surface area contributed by atoms with Crippen molar-refractivity contribution >= 4 is 22.7 Å². The van der Waals surface area contributed by atoms with Gasteiger partial charge < -0.3 is 9.73 Å². The molecule has 3 rings (SSSR count). The van der Waals surface area contributed by atoms with Gasteiger partial charge in [-0.15, -0.1) is 0 Å². The number of carbonyl (C=O) groups excluding carboxylic acids is 1. The Morgan fingerprint density at radius 3 is 2.70 bits per heavy atom. The summed E-state index contributed by atoms with van der Waals surface area (Å²) < 4.78 is 5.11. The van der Waals surface area contributed by atoms with Gasteiger partial charge in [0.25, 0.3) is 5.91 Å². The van der Waals surface area contributed by atoms with Crippen LogP contribution < -0.4 is 10.9 Å². The van der Waals surface area contributed by atoms with E-state index in [1.54, 1.807) is 42.6 Å². The first kappa shape index (κ1) is 12.1.